The lowest BCUT2D eigenvalue weighted by molar-refractivity contribution is 0.108. The molecule has 0 fully saturated rings. The van der Waals surface area contributed by atoms with Crippen molar-refractivity contribution in [3.8, 4) is 17.2 Å². The molecule has 0 amide bonds. The zero-order valence-corrected chi connectivity index (χ0v) is 8.46. The van der Waals surface area contributed by atoms with E-state index in [1.807, 2.05) is 0 Å². The van der Waals surface area contributed by atoms with Crippen molar-refractivity contribution in [3.05, 3.63) is 17.7 Å². The fraction of sp³-hybridized carbons (Fsp3) is 0.222. The molecule has 0 bridgehead atoms. The molecule has 0 atom stereocenters. The van der Waals surface area contributed by atoms with Gasteiger partial charge in [0, 0.05) is 5.56 Å². The van der Waals surface area contributed by atoms with Gasteiger partial charge in [-0.05, 0) is 23.7 Å². The van der Waals surface area contributed by atoms with Gasteiger partial charge in [0.25, 0.3) is 5.24 Å². The molecule has 0 aliphatic heterocycles. The minimum Gasteiger partial charge on any atom is -0.502 e. The van der Waals surface area contributed by atoms with Crippen LogP contribution >= 0.6 is 11.6 Å². The van der Waals surface area contributed by atoms with E-state index in [0.717, 1.165) is 0 Å². The van der Waals surface area contributed by atoms with Crippen LogP contribution in [0.2, 0.25) is 0 Å². The highest BCUT2D eigenvalue weighted by Crippen LogP contribution is 2.37. The first-order chi connectivity index (χ1) is 6.60. The second-order valence-corrected chi connectivity index (χ2v) is 2.85. The quantitative estimate of drug-likeness (QED) is 0.783. The second kappa shape index (κ2) is 4.19. The largest absolute Gasteiger partial charge is 0.502 e. The predicted octanol–water partition coefficient (Wildman–Crippen LogP) is 1.79. The van der Waals surface area contributed by atoms with Crippen LogP contribution in [0.4, 0.5) is 0 Å². The summed E-state index contributed by atoms with van der Waals surface area (Å²) in [6, 6.07) is 2.68. The molecule has 5 heteroatoms. The van der Waals surface area contributed by atoms with E-state index < -0.39 is 5.24 Å². The van der Waals surface area contributed by atoms with Gasteiger partial charge in [-0.2, -0.15) is 0 Å². The number of ether oxygens (including phenoxy) is 2. The first kappa shape index (κ1) is 10.7. The Morgan fingerprint density at radius 2 is 1.71 bits per heavy atom. The van der Waals surface area contributed by atoms with Gasteiger partial charge < -0.3 is 14.6 Å². The van der Waals surface area contributed by atoms with E-state index >= 15 is 0 Å². The van der Waals surface area contributed by atoms with Crippen molar-refractivity contribution in [2.24, 2.45) is 0 Å². The molecule has 0 heterocycles. The maximum atomic E-state index is 10.9. The molecule has 76 valence electrons. The number of rotatable bonds is 3. The van der Waals surface area contributed by atoms with E-state index in [-0.39, 0.29) is 22.8 Å². The van der Waals surface area contributed by atoms with E-state index in [0.29, 0.717) is 0 Å². The van der Waals surface area contributed by atoms with Crippen molar-refractivity contribution in [3.63, 3.8) is 0 Å². The Morgan fingerprint density at radius 3 is 2.00 bits per heavy atom. The van der Waals surface area contributed by atoms with Gasteiger partial charge in [-0.15, -0.1) is 0 Å². The van der Waals surface area contributed by atoms with Crippen LogP contribution in [0.1, 0.15) is 10.4 Å². The van der Waals surface area contributed by atoms with Crippen LogP contribution in [0.25, 0.3) is 0 Å². The average Bonchev–Trinajstić information content (AvgIpc) is 2.17. The van der Waals surface area contributed by atoms with Crippen LogP contribution in [-0.2, 0) is 0 Å². The molecule has 0 saturated carbocycles. The summed E-state index contributed by atoms with van der Waals surface area (Å²) >= 11 is 5.28. The Balaban J connectivity index is 3.32. The Bertz CT molecular complexity index is 337. The highest BCUT2D eigenvalue weighted by atomic mass is 35.5. The van der Waals surface area contributed by atoms with Gasteiger partial charge >= 0.3 is 0 Å². The third-order valence-corrected chi connectivity index (χ3v) is 1.92. The van der Waals surface area contributed by atoms with Gasteiger partial charge in [0.1, 0.15) is 0 Å². The summed E-state index contributed by atoms with van der Waals surface area (Å²) in [5.74, 6) is 0.137. The molecular weight excluding hydrogens is 208 g/mol. The van der Waals surface area contributed by atoms with Crippen LogP contribution in [0.5, 0.6) is 17.2 Å². The number of carbonyl (C=O) groups is 1. The maximum Gasteiger partial charge on any atom is 0.252 e. The zero-order valence-electron chi connectivity index (χ0n) is 7.70. The van der Waals surface area contributed by atoms with Gasteiger partial charge in [-0.25, -0.2) is 0 Å². The Labute approximate surface area is 86.0 Å². The predicted molar refractivity (Wildman–Crippen MR) is 51.4 cm³/mol. The van der Waals surface area contributed by atoms with Gasteiger partial charge in [0.15, 0.2) is 11.5 Å². The standard InChI is InChI=1S/C9H9ClO4/c1-13-6-3-5(9(10)12)4-7(14-2)8(6)11/h3-4,11H,1-2H3. The van der Waals surface area contributed by atoms with Gasteiger partial charge in [-0.1, -0.05) is 0 Å². The minimum atomic E-state index is -0.637. The average molecular weight is 217 g/mol. The summed E-state index contributed by atoms with van der Waals surface area (Å²) in [4.78, 5) is 10.9. The fourth-order valence-corrected chi connectivity index (χ4v) is 1.12. The SMILES string of the molecule is COc1cc(C(=O)Cl)cc(OC)c1O. The number of hydrogen-bond donors (Lipinski definition) is 1. The van der Waals surface area contributed by atoms with E-state index in [1.54, 1.807) is 0 Å². The molecule has 0 radical (unpaired) electrons. The summed E-state index contributed by atoms with van der Waals surface area (Å²) in [7, 11) is 2.74. The summed E-state index contributed by atoms with van der Waals surface area (Å²) in [5.41, 5.74) is 0.207. The van der Waals surface area contributed by atoms with E-state index in [2.05, 4.69) is 0 Å². The molecule has 0 unspecified atom stereocenters. The van der Waals surface area contributed by atoms with Gasteiger partial charge in [0.05, 0.1) is 14.2 Å². The molecule has 0 aliphatic carbocycles. The molecule has 0 aliphatic rings. The summed E-state index contributed by atoms with van der Waals surface area (Å²) < 4.78 is 9.67. The van der Waals surface area contributed by atoms with Crippen LogP contribution < -0.4 is 9.47 Å². The third kappa shape index (κ3) is 1.90. The minimum absolute atomic E-state index is 0.147. The molecule has 14 heavy (non-hydrogen) atoms. The molecule has 4 nitrogen and oxygen atoms in total. The van der Waals surface area contributed by atoms with Crippen molar-refractivity contribution in [1.29, 1.82) is 0 Å². The smallest absolute Gasteiger partial charge is 0.252 e. The Kier molecular flexibility index (Phi) is 3.19. The number of carbonyl (C=O) groups excluding carboxylic acids is 1. The molecule has 0 spiro atoms. The van der Waals surface area contributed by atoms with Crippen molar-refractivity contribution in [2.45, 2.75) is 0 Å². The van der Waals surface area contributed by atoms with Crippen molar-refractivity contribution < 1.29 is 19.4 Å². The number of halogens is 1. The number of phenols is 1. The van der Waals surface area contributed by atoms with E-state index in [4.69, 9.17) is 21.1 Å². The maximum absolute atomic E-state index is 10.9. The number of phenolic OH excluding ortho intramolecular Hbond substituents is 1. The lowest BCUT2D eigenvalue weighted by Gasteiger charge is -2.08. The van der Waals surface area contributed by atoms with Gasteiger partial charge in [0.2, 0.25) is 5.75 Å². The van der Waals surface area contributed by atoms with Gasteiger partial charge in [-0.3, -0.25) is 4.79 Å². The zero-order chi connectivity index (χ0) is 10.7. The summed E-state index contributed by atoms with van der Waals surface area (Å²) in [6.07, 6.45) is 0. The van der Waals surface area contributed by atoms with E-state index in [9.17, 15) is 9.90 Å². The van der Waals surface area contributed by atoms with Crippen LogP contribution in [0, 0.1) is 0 Å². The number of hydrogen-bond acceptors (Lipinski definition) is 4. The van der Waals surface area contributed by atoms with Crippen LogP contribution in [0.3, 0.4) is 0 Å². The van der Waals surface area contributed by atoms with E-state index in [1.165, 1.54) is 26.4 Å². The Hall–Kier alpha value is -1.42. The topological polar surface area (TPSA) is 55.8 Å². The fourth-order valence-electron chi connectivity index (χ4n) is 1.01. The molecule has 1 N–H and O–H groups in total. The summed E-state index contributed by atoms with van der Waals surface area (Å²) in [6.45, 7) is 0. The Morgan fingerprint density at radius 1 is 1.29 bits per heavy atom. The highest BCUT2D eigenvalue weighted by molar-refractivity contribution is 6.67. The summed E-state index contributed by atoms with van der Waals surface area (Å²) in [5, 5.41) is 8.85. The molecule has 0 aromatic heterocycles. The second-order valence-electron chi connectivity index (χ2n) is 2.50. The first-order valence-corrected chi connectivity index (χ1v) is 4.12. The number of methoxy groups -OCH3 is 2. The number of aromatic hydroxyl groups is 1. The monoisotopic (exact) mass is 216 g/mol. The molecule has 1 aromatic carbocycles. The number of benzene rings is 1. The highest BCUT2D eigenvalue weighted by Gasteiger charge is 2.13. The third-order valence-electron chi connectivity index (χ3n) is 1.71. The van der Waals surface area contributed by atoms with Crippen molar-refractivity contribution in [2.75, 3.05) is 14.2 Å². The molecule has 1 aromatic rings. The lowest BCUT2D eigenvalue weighted by atomic mass is 10.2. The van der Waals surface area contributed by atoms with Crippen molar-refractivity contribution >= 4 is 16.8 Å². The molecule has 1 rings (SSSR count). The first-order valence-electron chi connectivity index (χ1n) is 3.75. The normalized spacial score (nSPS) is 9.64. The van der Waals surface area contributed by atoms with Crippen LogP contribution in [-0.4, -0.2) is 24.6 Å². The lowest BCUT2D eigenvalue weighted by Crippen LogP contribution is -1.94. The molecule has 0 saturated heterocycles. The molecular formula is C9H9ClO4. The van der Waals surface area contributed by atoms with Crippen molar-refractivity contribution in [1.82, 2.24) is 0 Å². The van der Waals surface area contributed by atoms with Crippen LogP contribution in [0.15, 0.2) is 12.1 Å².